The van der Waals surface area contributed by atoms with Gasteiger partial charge in [-0.3, -0.25) is 0 Å². The van der Waals surface area contributed by atoms with E-state index in [0.717, 1.165) is 25.2 Å². The Kier molecular flexibility index (Phi) is 6.37. The number of rotatable bonds is 7. The van der Waals surface area contributed by atoms with Crippen LogP contribution in [0.2, 0.25) is 0 Å². The Balaban J connectivity index is 2.15. The van der Waals surface area contributed by atoms with Crippen molar-refractivity contribution in [3.8, 4) is 0 Å². The Hall–Kier alpha value is -0.0800. The maximum atomic E-state index is 5.67. The van der Waals surface area contributed by atoms with E-state index in [1.165, 1.54) is 25.7 Å². The second-order valence-electron chi connectivity index (χ2n) is 5.70. The molecule has 0 bridgehead atoms. The Morgan fingerprint density at radius 3 is 2.56 bits per heavy atom. The molecule has 2 heteroatoms. The van der Waals surface area contributed by atoms with Gasteiger partial charge in [0.15, 0.2) is 0 Å². The number of hydrogen-bond donors (Lipinski definition) is 1. The second-order valence-corrected chi connectivity index (χ2v) is 5.70. The van der Waals surface area contributed by atoms with Crippen LogP contribution >= 0.6 is 0 Å². The van der Waals surface area contributed by atoms with E-state index in [-0.39, 0.29) is 0 Å². The maximum absolute atomic E-state index is 5.67. The normalized spacial score (nSPS) is 27.6. The van der Waals surface area contributed by atoms with E-state index in [4.69, 9.17) is 4.74 Å². The van der Waals surface area contributed by atoms with Gasteiger partial charge < -0.3 is 10.1 Å². The quantitative estimate of drug-likeness (QED) is 0.721. The fourth-order valence-corrected chi connectivity index (χ4v) is 2.64. The predicted molar refractivity (Wildman–Crippen MR) is 69.7 cm³/mol. The third-order valence-electron chi connectivity index (χ3n) is 3.50. The van der Waals surface area contributed by atoms with Crippen molar-refractivity contribution in [3.05, 3.63) is 0 Å². The van der Waals surface area contributed by atoms with Gasteiger partial charge >= 0.3 is 0 Å². The maximum Gasteiger partial charge on any atom is 0.0617 e. The molecule has 3 atom stereocenters. The standard InChI is InChI=1S/C14H29NO/c1-5-13-7-6-8-14(13)15-12(4)10-16-9-11(2)3/h11-15H,5-10H2,1-4H3. The van der Waals surface area contributed by atoms with Gasteiger partial charge in [0.05, 0.1) is 6.61 Å². The van der Waals surface area contributed by atoms with Gasteiger partial charge in [0.2, 0.25) is 0 Å². The van der Waals surface area contributed by atoms with E-state index < -0.39 is 0 Å². The first kappa shape index (κ1) is 14.0. The molecule has 16 heavy (non-hydrogen) atoms. The fraction of sp³-hybridized carbons (Fsp3) is 1.00. The summed E-state index contributed by atoms with van der Waals surface area (Å²) < 4.78 is 5.67. The molecule has 0 amide bonds. The second kappa shape index (κ2) is 7.29. The molecule has 0 saturated heterocycles. The van der Waals surface area contributed by atoms with E-state index >= 15 is 0 Å². The summed E-state index contributed by atoms with van der Waals surface area (Å²) in [5, 5.41) is 3.73. The van der Waals surface area contributed by atoms with Crippen LogP contribution < -0.4 is 5.32 Å². The van der Waals surface area contributed by atoms with Gasteiger partial charge in [-0.25, -0.2) is 0 Å². The summed E-state index contributed by atoms with van der Waals surface area (Å²) in [7, 11) is 0. The molecule has 3 unspecified atom stereocenters. The van der Waals surface area contributed by atoms with Crippen LogP contribution in [0.25, 0.3) is 0 Å². The SMILES string of the molecule is CCC1CCCC1NC(C)COCC(C)C. The molecule has 0 aromatic rings. The van der Waals surface area contributed by atoms with Gasteiger partial charge in [0.1, 0.15) is 0 Å². The average molecular weight is 227 g/mol. The van der Waals surface area contributed by atoms with Gasteiger partial charge in [-0.05, 0) is 31.6 Å². The third-order valence-corrected chi connectivity index (χ3v) is 3.50. The molecule has 0 heterocycles. The summed E-state index contributed by atoms with van der Waals surface area (Å²) in [6.45, 7) is 10.7. The van der Waals surface area contributed by atoms with Crippen molar-refractivity contribution in [3.63, 3.8) is 0 Å². The van der Waals surface area contributed by atoms with Crippen molar-refractivity contribution >= 4 is 0 Å². The predicted octanol–water partition coefficient (Wildman–Crippen LogP) is 3.22. The van der Waals surface area contributed by atoms with Crippen molar-refractivity contribution in [2.45, 2.75) is 65.5 Å². The molecule has 1 N–H and O–H groups in total. The van der Waals surface area contributed by atoms with Crippen LogP contribution in [0.3, 0.4) is 0 Å². The summed E-state index contributed by atoms with van der Waals surface area (Å²) in [6, 6.07) is 1.23. The molecule has 0 aliphatic heterocycles. The highest BCUT2D eigenvalue weighted by atomic mass is 16.5. The topological polar surface area (TPSA) is 21.3 Å². The highest BCUT2D eigenvalue weighted by molar-refractivity contribution is 4.84. The van der Waals surface area contributed by atoms with E-state index in [0.29, 0.717) is 12.0 Å². The smallest absolute Gasteiger partial charge is 0.0617 e. The van der Waals surface area contributed by atoms with Gasteiger partial charge in [-0.15, -0.1) is 0 Å². The van der Waals surface area contributed by atoms with Crippen molar-refractivity contribution in [2.75, 3.05) is 13.2 Å². The molecule has 1 fully saturated rings. The number of nitrogens with one attached hydrogen (secondary N) is 1. The lowest BCUT2D eigenvalue weighted by atomic mass is 10.00. The highest BCUT2D eigenvalue weighted by Crippen LogP contribution is 2.28. The molecule has 1 saturated carbocycles. The van der Waals surface area contributed by atoms with Gasteiger partial charge in [0, 0.05) is 18.7 Å². The first-order valence-electron chi connectivity index (χ1n) is 6.97. The fourth-order valence-electron chi connectivity index (χ4n) is 2.64. The Labute approximate surface area is 101 Å². The minimum absolute atomic E-state index is 0.496. The lowest BCUT2D eigenvalue weighted by Crippen LogP contribution is -2.41. The highest BCUT2D eigenvalue weighted by Gasteiger charge is 2.26. The zero-order valence-corrected chi connectivity index (χ0v) is 11.5. The summed E-state index contributed by atoms with van der Waals surface area (Å²) in [6.07, 6.45) is 5.48. The Bertz CT molecular complexity index is 182. The van der Waals surface area contributed by atoms with Crippen LogP contribution in [0.15, 0.2) is 0 Å². The van der Waals surface area contributed by atoms with Crippen molar-refractivity contribution < 1.29 is 4.74 Å². The van der Waals surface area contributed by atoms with Crippen molar-refractivity contribution in [2.24, 2.45) is 11.8 Å². The van der Waals surface area contributed by atoms with Crippen LogP contribution in [-0.2, 0) is 4.74 Å². The zero-order chi connectivity index (χ0) is 12.0. The minimum Gasteiger partial charge on any atom is -0.380 e. The van der Waals surface area contributed by atoms with Crippen LogP contribution in [0, 0.1) is 11.8 Å². The number of ether oxygens (including phenoxy) is 1. The molecular weight excluding hydrogens is 198 g/mol. The van der Waals surface area contributed by atoms with Crippen molar-refractivity contribution in [1.29, 1.82) is 0 Å². The van der Waals surface area contributed by atoms with E-state index in [2.05, 4.69) is 33.0 Å². The molecule has 0 radical (unpaired) electrons. The summed E-state index contributed by atoms with van der Waals surface area (Å²) in [5.74, 6) is 1.54. The molecule has 1 aliphatic carbocycles. The summed E-state index contributed by atoms with van der Waals surface area (Å²) in [5.41, 5.74) is 0. The largest absolute Gasteiger partial charge is 0.380 e. The zero-order valence-electron chi connectivity index (χ0n) is 11.5. The lowest BCUT2D eigenvalue weighted by Gasteiger charge is -2.24. The first-order chi connectivity index (χ1) is 7.63. The average Bonchev–Trinajstić information content (AvgIpc) is 2.64. The molecule has 96 valence electrons. The molecule has 0 aromatic carbocycles. The van der Waals surface area contributed by atoms with E-state index in [1.807, 2.05) is 0 Å². The third kappa shape index (κ3) is 4.84. The number of hydrogen-bond acceptors (Lipinski definition) is 2. The van der Waals surface area contributed by atoms with Crippen LogP contribution in [0.1, 0.15) is 53.4 Å². The van der Waals surface area contributed by atoms with Crippen LogP contribution in [0.4, 0.5) is 0 Å². The lowest BCUT2D eigenvalue weighted by molar-refractivity contribution is 0.0893. The Morgan fingerprint density at radius 1 is 1.19 bits per heavy atom. The van der Waals surface area contributed by atoms with E-state index in [1.54, 1.807) is 0 Å². The molecule has 0 spiro atoms. The molecule has 2 nitrogen and oxygen atoms in total. The van der Waals surface area contributed by atoms with Gasteiger partial charge in [-0.2, -0.15) is 0 Å². The molecular formula is C14H29NO. The first-order valence-corrected chi connectivity index (χ1v) is 6.97. The summed E-state index contributed by atoms with van der Waals surface area (Å²) >= 11 is 0. The van der Waals surface area contributed by atoms with Gasteiger partial charge in [0.25, 0.3) is 0 Å². The molecule has 0 aromatic heterocycles. The van der Waals surface area contributed by atoms with Crippen LogP contribution in [0.5, 0.6) is 0 Å². The van der Waals surface area contributed by atoms with E-state index in [9.17, 15) is 0 Å². The van der Waals surface area contributed by atoms with Gasteiger partial charge in [-0.1, -0.05) is 33.6 Å². The van der Waals surface area contributed by atoms with Crippen molar-refractivity contribution in [1.82, 2.24) is 5.32 Å². The monoisotopic (exact) mass is 227 g/mol. The molecule has 1 rings (SSSR count). The minimum atomic E-state index is 0.496. The molecule has 1 aliphatic rings. The Morgan fingerprint density at radius 2 is 1.94 bits per heavy atom. The van der Waals surface area contributed by atoms with Crippen LogP contribution in [-0.4, -0.2) is 25.3 Å². The summed E-state index contributed by atoms with van der Waals surface area (Å²) in [4.78, 5) is 0.